The maximum absolute atomic E-state index is 2.30. The molecule has 17 aromatic rings. The normalized spacial score (nSPS) is 11.8. The van der Waals surface area contributed by atoms with Gasteiger partial charge in [0, 0.05) is 0 Å². The first-order valence-electron chi connectivity index (χ1n) is 27.1. The maximum Gasteiger partial charge on any atom is -0.00201 e. The predicted molar refractivity (Wildman–Crippen MR) is 337 cm³/mol. The molecule has 0 aliphatic heterocycles. The Morgan fingerprint density at radius 1 is 0.141 bits per heavy atom. The molecule has 0 heteroatoms. The number of rotatable bonds is 5. The Bertz CT molecular complexity index is 4920. The lowest BCUT2D eigenvalue weighted by molar-refractivity contribution is 1.63. The van der Waals surface area contributed by atoms with Crippen molar-refractivity contribution < 1.29 is 0 Å². The summed E-state index contributed by atoms with van der Waals surface area (Å²) in [6.07, 6.45) is 0. The molecule has 0 saturated heterocycles. The van der Waals surface area contributed by atoms with E-state index in [2.05, 4.69) is 291 Å². The fourth-order valence-corrected chi connectivity index (χ4v) is 13.2. The third-order valence-electron chi connectivity index (χ3n) is 16.8. The van der Waals surface area contributed by atoms with Crippen LogP contribution in [0, 0.1) is 0 Å². The van der Waals surface area contributed by atoms with Crippen LogP contribution < -0.4 is 0 Å². The number of hydrogen-bond donors (Lipinski definition) is 0. The quantitative estimate of drug-likeness (QED) is 0.119. The molecule has 0 atom stereocenters. The van der Waals surface area contributed by atoms with Crippen LogP contribution in [0.25, 0.3) is 163 Å². The predicted octanol–water partition coefficient (Wildman–Crippen LogP) is 22.1. The van der Waals surface area contributed by atoms with Crippen LogP contribution in [0.5, 0.6) is 0 Å². The summed E-state index contributed by atoms with van der Waals surface area (Å²) < 4.78 is 0. The lowest BCUT2D eigenvalue weighted by Crippen LogP contribution is -1.91. The summed E-state index contributed by atoms with van der Waals surface area (Å²) in [4.78, 5) is 0. The van der Waals surface area contributed by atoms with E-state index in [-0.39, 0.29) is 0 Å². The lowest BCUT2D eigenvalue weighted by atomic mass is 9.84. The average Bonchev–Trinajstić information content (AvgIpc) is 3.53. The second kappa shape index (κ2) is 17.7. The molecular formula is C78H48. The molecule has 0 amide bonds. The smallest absolute Gasteiger partial charge is 0.00201 e. The summed E-state index contributed by atoms with van der Waals surface area (Å²) in [7, 11) is 0. The van der Waals surface area contributed by atoms with E-state index in [0.717, 1.165) is 0 Å². The van der Waals surface area contributed by atoms with Crippen LogP contribution in [-0.2, 0) is 0 Å². The van der Waals surface area contributed by atoms with Crippen molar-refractivity contribution in [3.8, 4) is 55.6 Å². The minimum Gasteiger partial charge on any atom is -0.0616 e. The molecule has 0 bridgehead atoms. The van der Waals surface area contributed by atoms with Gasteiger partial charge in [0.15, 0.2) is 0 Å². The third kappa shape index (κ3) is 7.01. The van der Waals surface area contributed by atoms with E-state index in [1.807, 2.05) is 0 Å². The Hall–Kier alpha value is -10.1. The molecule has 0 fully saturated rings. The second-order valence-corrected chi connectivity index (χ2v) is 21.0. The zero-order valence-corrected chi connectivity index (χ0v) is 42.7. The Balaban J connectivity index is 0.000000131. The summed E-state index contributed by atoms with van der Waals surface area (Å²) in [5, 5.41) is 26.2. The van der Waals surface area contributed by atoms with Gasteiger partial charge in [-0.15, -0.1) is 0 Å². The third-order valence-corrected chi connectivity index (χ3v) is 16.8. The minimum atomic E-state index is 1.23. The highest BCUT2D eigenvalue weighted by atomic mass is 14.2. The fraction of sp³-hybridized carbons (Fsp3) is 0. The molecular weight excluding hydrogens is 937 g/mol. The van der Waals surface area contributed by atoms with Crippen molar-refractivity contribution >= 4 is 108 Å². The van der Waals surface area contributed by atoms with Crippen molar-refractivity contribution in [2.24, 2.45) is 0 Å². The topological polar surface area (TPSA) is 0 Å². The van der Waals surface area contributed by atoms with Gasteiger partial charge in [-0.05, 0) is 169 Å². The van der Waals surface area contributed by atoms with Gasteiger partial charge in [0.1, 0.15) is 0 Å². The van der Waals surface area contributed by atoms with E-state index in [9.17, 15) is 0 Å². The zero-order valence-electron chi connectivity index (χ0n) is 42.7. The van der Waals surface area contributed by atoms with Crippen molar-refractivity contribution in [3.63, 3.8) is 0 Å². The van der Waals surface area contributed by atoms with E-state index < -0.39 is 0 Å². The van der Waals surface area contributed by atoms with Crippen LogP contribution in [0.15, 0.2) is 291 Å². The monoisotopic (exact) mass is 984 g/mol. The molecule has 0 saturated carbocycles. The Kier molecular flexibility index (Phi) is 10.0. The largest absolute Gasteiger partial charge is 0.0616 e. The number of fused-ring (bicyclic) bond motifs is 4. The standard InChI is InChI=1S/C40H26.C38H22/c1-2-12-31-26-32(25-22-27(31)10-1)28-20-23-30(24-21-28)39-35-15-5-7-17-37(35)40(38-18-8-6-16-36(38)39)34-19-9-13-29-11-3-4-14-33(29)34;1-3-25-11-13-29-15-19-31(33-21-17-27(5-1)35(25)37(29)33)23-7-9-24(10-8-23)32-20-16-30-14-12-26-4-2-6-28-18-22-34(32)38(30)36(26)28/h1-26H;1-22H. The first kappa shape index (κ1) is 44.2. The van der Waals surface area contributed by atoms with Gasteiger partial charge < -0.3 is 0 Å². The van der Waals surface area contributed by atoms with E-state index in [4.69, 9.17) is 0 Å². The molecule has 0 aromatic heterocycles. The van der Waals surface area contributed by atoms with Crippen molar-refractivity contribution in [2.75, 3.05) is 0 Å². The second-order valence-electron chi connectivity index (χ2n) is 21.0. The Labute approximate surface area is 452 Å². The van der Waals surface area contributed by atoms with Gasteiger partial charge in [-0.25, -0.2) is 0 Å². The molecule has 0 aliphatic carbocycles. The molecule has 17 aromatic carbocycles. The van der Waals surface area contributed by atoms with Crippen LogP contribution in [0.4, 0.5) is 0 Å². The summed E-state index contributed by atoms with van der Waals surface area (Å²) in [5.74, 6) is 0. The molecule has 0 radical (unpaired) electrons. The minimum absolute atomic E-state index is 1.23. The van der Waals surface area contributed by atoms with Gasteiger partial charge in [-0.2, -0.15) is 0 Å². The lowest BCUT2D eigenvalue weighted by Gasteiger charge is -2.19. The average molecular weight is 985 g/mol. The van der Waals surface area contributed by atoms with E-state index in [0.29, 0.717) is 0 Å². The molecule has 0 aliphatic rings. The molecule has 17 rings (SSSR count). The van der Waals surface area contributed by atoms with Gasteiger partial charge in [0.25, 0.3) is 0 Å². The van der Waals surface area contributed by atoms with Gasteiger partial charge in [0.2, 0.25) is 0 Å². The fourth-order valence-electron chi connectivity index (χ4n) is 13.2. The molecule has 0 unspecified atom stereocenters. The Morgan fingerprint density at radius 2 is 0.487 bits per heavy atom. The van der Waals surface area contributed by atoms with Gasteiger partial charge in [-0.3, -0.25) is 0 Å². The Morgan fingerprint density at radius 3 is 1.03 bits per heavy atom. The molecule has 0 N–H and O–H groups in total. The van der Waals surface area contributed by atoms with E-state index >= 15 is 0 Å². The first-order valence-corrected chi connectivity index (χ1v) is 27.1. The highest BCUT2D eigenvalue weighted by Gasteiger charge is 2.19. The highest BCUT2D eigenvalue weighted by Crippen LogP contribution is 2.47. The van der Waals surface area contributed by atoms with Gasteiger partial charge >= 0.3 is 0 Å². The van der Waals surface area contributed by atoms with Crippen molar-refractivity contribution in [3.05, 3.63) is 291 Å². The van der Waals surface area contributed by atoms with Crippen LogP contribution in [0.2, 0.25) is 0 Å². The molecule has 0 nitrogen and oxygen atoms in total. The SMILES string of the molecule is c1cc2ccc3ccc(-c4ccc(-c5ccc6ccc7cccc8ccc5c6c78)cc4)c4ccc(c1)c2c34.c1ccc2cc(-c3ccc(-c4c5ccccc5c(-c5cccc6ccccc56)c5ccccc45)cc3)ccc2c1. The van der Waals surface area contributed by atoms with Crippen molar-refractivity contribution in [1.82, 2.24) is 0 Å². The summed E-state index contributed by atoms with van der Waals surface area (Å²) in [5.41, 5.74) is 12.7. The summed E-state index contributed by atoms with van der Waals surface area (Å²) in [6, 6.07) is 107. The molecule has 360 valence electrons. The van der Waals surface area contributed by atoms with Gasteiger partial charge in [0.05, 0.1) is 0 Å². The van der Waals surface area contributed by atoms with Crippen molar-refractivity contribution in [2.45, 2.75) is 0 Å². The first-order chi connectivity index (χ1) is 38.7. The molecule has 0 heterocycles. The van der Waals surface area contributed by atoms with Crippen LogP contribution in [-0.4, -0.2) is 0 Å². The van der Waals surface area contributed by atoms with Crippen molar-refractivity contribution in [1.29, 1.82) is 0 Å². The van der Waals surface area contributed by atoms with Crippen LogP contribution in [0.3, 0.4) is 0 Å². The molecule has 78 heavy (non-hydrogen) atoms. The maximum atomic E-state index is 2.30. The van der Waals surface area contributed by atoms with Gasteiger partial charge in [-0.1, -0.05) is 285 Å². The van der Waals surface area contributed by atoms with Crippen LogP contribution >= 0.6 is 0 Å². The van der Waals surface area contributed by atoms with E-state index in [1.165, 1.54) is 163 Å². The molecule has 0 spiro atoms. The number of benzene rings is 17. The number of hydrogen-bond acceptors (Lipinski definition) is 0. The van der Waals surface area contributed by atoms with E-state index in [1.54, 1.807) is 0 Å². The highest BCUT2D eigenvalue weighted by molar-refractivity contribution is 6.27. The summed E-state index contributed by atoms with van der Waals surface area (Å²) in [6.45, 7) is 0. The zero-order chi connectivity index (χ0) is 51.3. The van der Waals surface area contributed by atoms with Crippen LogP contribution in [0.1, 0.15) is 0 Å². The summed E-state index contributed by atoms with van der Waals surface area (Å²) >= 11 is 0.